The quantitative estimate of drug-likeness (QED) is 0.783. The minimum Gasteiger partial charge on any atom is -0.480 e. The van der Waals surface area contributed by atoms with Gasteiger partial charge in [0.05, 0.1) is 11.3 Å². The summed E-state index contributed by atoms with van der Waals surface area (Å²) in [6, 6.07) is 15.0. The number of hydrogen-bond acceptors (Lipinski definition) is 3. The van der Waals surface area contributed by atoms with Crippen molar-refractivity contribution in [1.82, 2.24) is 5.32 Å². The third-order valence-corrected chi connectivity index (χ3v) is 2.86. The van der Waals surface area contributed by atoms with Crippen molar-refractivity contribution >= 4 is 23.5 Å². The van der Waals surface area contributed by atoms with Crippen LogP contribution in [0.25, 0.3) is 0 Å². The second-order valence-electron chi connectivity index (χ2n) is 4.44. The van der Waals surface area contributed by atoms with Gasteiger partial charge >= 0.3 is 5.97 Å². The summed E-state index contributed by atoms with van der Waals surface area (Å²) in [5.74, 6) is -2.05. The Balaban J connectivity index is 2.16. The zero-order valence-electron chi connectivity index (χ0n) is 11.6. The van der Waals surface area contributed by atoms with E-state index in [-0.39, 0.29) is 11.5 Å². The number of amides is 2. The smallest absolute Gasteiger partial charge is 0.322 e. The van der Waals surface area contributed by atoms with Crippen LogP contribution in [-0.2, 0) is 4.79 Å². The lowest BCUT2D eigenvalue weighted by molar-refractivity contribution is -0.135. The highest BCUT2D eigenvalue weighted by Crippen LogP contribution is 2.16. The van der Waals surface area contributed by atoms with E-state index in [0.29, 0.717) is 11.3 Å². The topological polar surface area (TPSA) is 95.5 Å². The van der Waals surface area contributed by atoms with Gasteiger partial charge in [-0.2, -0.15) is 0 Å². The maximum absolute atomic E-state index is 12.1. The average molecular weight is 298 g/mol. The third-order valence-electron chi connectivity index (χ3n) is 2.86. The Bertz CT molecular complexity index is 698. The van der Waals surface area contributed by atoms with E-state index < -0.39 is 18.4 Å². The lowest BCUT2D eigenvalue weighted by Gasteiger charge is -2.10. The minimum atomic E-state index is -1.14. The number of carbonyl (C=O) groups is 3. The van der Waals surface area contributed by atoms with Crippen molar-refractivity contribution in [2.24, 2.45) is 0 Å². The van der Waals surface area contributed by atoms with E-state index in [1.807, 2.05) is 0 Å². The minimum absolute atomic E-state index is 0.202. The van der Waals surface area contributed by atoms with Crippen LogP contribution >= 0.6 is 0 Å². The standard InChI is InChI=1S/C16H14N2O4/c19-14(20)10-17-16(22)12-8-4-5-9-13(12)18-15(21)11-6-2-1-3-7-11/h1-9H,10H2,(H,17,22)(H,18,21)(H,19,20). The van der Waals surface area contributed by atoms with Crippen LogP contribution in [0.15, 0.2) is 54.6 Å². The molecule has 112 valence electrons. The van der Waals surface area contributed by atoms with E-state index in [0.717, 1.165) is 0 Å². The largest absolute Gasteiger partial charge is 0.480 e. The van der Waals surface area contributed by atoms with E-state index in [1.165, 1.54) is 6.07 Å². The molecule has 3 N–H and O–H groups in total. The molecule has 0 aliphatic rings. The number of anilines is 1. The summed E-state index contributed by atoms with van der Waals surface area (Å²) in [5, 5.41) is 13.5. The van der Waals surface area contributed by atoms with E-state index in [4.69, 9.17) is 5.11 Å². The molecule has 0 atom stereocenters. The Morgan fingerprint density at radius 3 is 2.18 bits per heavy atom. The normalized spacial score (nSPS) is 9.82. The van der Waals surface area contributed by atoms with Crippen molar-refractivity contribution in [1.29, 1.82) is 0 Å². The van der Waals surface area contributed by atoms with Gasteiger partial charge in [0.25, 0.3) is 11.8 Å². The van der Waals surface area contributed by atoms with E-state index in [9.17, 15) is 14.4 Å². The Labute approximate surface area is 126 Å². The molecule has 0 fully saturated rings. The predicted octanol–water partition coefficient (Wildman–Crippen LogP) is 1.75. The zero-order valence-corrected chi connectivity index (χ0v) is 11.6. The van der Waals surface area contributed by atoms with Gasteiger partial charge in [-0.3, -0.25) is 14.4 Å². The highest BCUT2D eigenvalue weighted by Gasteiger charge is 2.14. The number of benzene rings is 2. The number of rotatable bonds is 5. The lowest BCUT2D eigenvalue weighted by Crippen LogP contribution is -2.30. The summed E-state index contributed by atoms with van der Waals surface area (Å²) in [7, 11) is 0. The van der Waals surface area contributed by atoms with Crippen LogP contribution in [0.3, 0.4) is 0 Å². The predicted molar refractivity (Wildman–Crippen MR) is 80.8 cm³/mol. The number of nitrogens with one attached hydrogen (secondary N) is 2. The van der Waals surface area contributed by atoms with Gasteiger partial charge in [0.1, 0.15) is 6.54 Å². The average Bonchev–Trinajstić information content (AvgIpc) is 2.54. The number of carboxylic acids is 1. The Morgan fingerprint density at radius 2 is 1.50 bits per heavy atom. The third kappa shape index (κ3) is 3.92. The summed E-state index contributed by atoms with van der Waals surface area (Å²) in [5.41, 5.74) is 0.982. The molecule has 22 heavy (non-hydrogen) atoms. The van der Waals surface area contributed by atoms with E-state index >= 15 is 0 Å². The van der Waals surface area contributed by atoms with Crippen LogP contribution in [-0.4, -0.2) is 29.4 Å². The summed E-state index contributed by atoms with van der Waals surface area (Å²) in [6.45, 7) is -0.486. The first kappa shape index (κ1) is 15.2. The molecule has 2 aromatic rings. The van der Waals surface area contributed by atoms with E-state index in [2.05, 4.69) is 10.6 Å². The van der Waals surface area contributed by atoms with Crippen molar-refractivity contribution < 1.29 is 19.5 Å². The summed E-state index contributed by atoms with van der Waals surface area (Å²) in [6.07, 6.45) is 0. The molecule has 2 amide bonds. The molecule has 0 unspecified atom stereocenters. The molecule has 2 rings (SSSR count). The van der Waals surface area contributed by atoms with Crippen molar-refractivity contribution in [3.63, 3.8) is 0 Å². The molecule has 0 aliphatic carbocycles. The summed E-state index contributed by atoms with van der Waals surface area (Å²) >= 11 is 0. The van der Waals surface area contributed by atoms with Gasteiger partial charge in [-0.1, -0.05) is 30.3 Å². The molecule has 2 aromatic carbocycles. The van der Waals surface area contributed by atoms with E-state index in [1.54, 1.807) is 48.5 Å². The van der Waals surface area contributed by atoms with Gasteiger partial charge in [0, 0.05) is 5.56 Å². The summed E-state index contributed by atoms with van der Waals surface area (Å²) in [4.78, 5) is 34.6. The lowest BCUT2D eigenvalue weighted by atomic mass is 10.1. The SMILES string of the molecule is O=C(O)CNC(=O)c1ccccc1NC(=O)c1ccccc1. The number of para-hydroxylation sites is 1. The Hall–Kier alpha value is -3.15. The van der Waals surface area contributed by atoms with Crippen LogP contribution in [0.1, 0.15) is 20.7 Å². The highest BCUT2D eigenvalue weighted by atomic mass is 16.4. The second-order valence-corrected chi connectivity index (χ2v) is 4.44. The molecule has 6 heteroatoms. The zero-order chi connectivity index (χ0) is 15.9. The molecule has 0 saturated carbocycles. The first-order valence-electron chi connectivity index (χ1n) is 6.53. The highest BCUT2D eigenvalue weighted by molar-refractivity contribution is 6.09. The number of carboxylic acid groups (broad SMARTS) is 1. The number of carbonyl (C=O) groups excluding carboxylic acids is 2. The fraction of sp³-hybridized carbons (Fsp3) is 0.0625. The first-order chi connectivity index (χ1) is 10.6. The fourth-order valence-corrected chi connectivity index (χ4v) is 1.83. The fourth-order valence-electron chi connectivity index (χ4n) is 1.83. The first-order valence-corrected chi connectivity index (χ1v) is 6.53. The van der Waals surface area contributed by atoms with Gasteiger partial charge < -0.3 is 15.7 Å². The molecule has 6 nitrogen and oxygen atoms in total. The second kappa shape index (κ2) is 7.03. The van der Waals surface area contributed by atoms with Gasteiger partial charge in [-0.05, 0) is 24.3 Å². The molecule has 0 saturated heterocycles. The molecule has 0 heterocycles. The van der Waals surface area contributed by atoms with Crippen LogP contribution in [0.4, 0.5) is 5.69 Å². The maximum atomic E-state index is 12.1. The summed E-state index contributed by atoms with van der Waals surface area (Å²) < 4.78 is 0. The maximum Gasteiger partial charge on any atom is 0.322 e. The van der Waals surface area contributed by atoms with Crippen LogP contribution in [0, 0.1) is 0 Å². The van der Waals surface area contributed by atoms with Gasteiger partial charge in [0.15, 0.2) is 0 Å². The molecular formula is C16H14N2O4. The van der Waals surface area contributed by atoms with Crippen molar-refractivity contribution in [2.75, 3.05) is 11.9 Å². The van der Waals surface area contributed by atoms with Crippen molar-refractivity contribution in [3.8, 4) is 0 Å². The molecule has 0 spiro atoms. The van der Waals surface area contributed by atoms with Crippen LogP contribution in [0.5, 0.6) is 0 Å². The molecular weight excluding hydrogens is 284 g/mol. The van der Waals surface area contributed by atoms with Crippen LogP contribution < -0.4 is 10.6 Å². The van der Waals surface area contributed by atoms with Crippen molar-refractivity contribution in [2.45, 2.75) is 0 Å². The van der Waals surface area contributed by atoms with Gasteiger partial charge in [-0.25, -0.2) is 0 Å². The molecule has 0 aliphatic heterocycles. The molecule has 0 bridgehead atoms. The van der Waals surface area contributed by atoms with Crippen molar-refractivity contribution in [3.05, 3.63) is 65.7 Å². The Kier molecular flexibility index (Phi) is 4.87. The molecule has 0 aromatic heterocycles. The number of aliphatic carboxylic acids is 1. The monoisotopic (exact) mass is 298 g/mol. The van der Waals surface area contributed by atoms with Gasteiger partial charge in [-0.15, -0.1) is 0 Å². The van der Waals surface area contributed by atoms with Gasteiger partial charge in [0.2, 0.25) is 0 Å². The molecule has 0 radical (unpaired) electrons. The number of hydrogen-bond donors (Lipinski definition) is 3. The Morgan fingerprint density at radius 1 is 0.864 bits per heavy atom. The van der Waals surface area contributed by atoms with Crippen LogP contribution in [0.2, 0.25) is 0 Å².